The van der Waals surface area contributed by atoms with Crippen molar-refractivity contribution in [1.82, 2.24) is 0 Å². The van der Waals surface area contributed by atoms with Crippen molar-refractivity contribution in [2.45, 2.75) is 12.4 Å². The third-order valence-electron chi connectivity index (χ3n) is 4.31. The van der Waals surface area contributed by atoms with Gasteiger partial charge in [0.15, 0.2) is 0 Å². The minimum absolute atomic E-state index is 0.147. The van der Waals surface area contributed by atoms with Gasteiger partial charge in [-0.2, -0.15) is 26.3 Å². The van der Waals surface area contributed by atoms with Crippen molar-refractivity contribution in [3.8, 4) is 0 Å². The molecule has 3 N–H and O–H groups in total. The van der Waals surface area contributed by atoms with Crippen LogP contribution in [0.4, 0.5) is 48.2 Å². The summed E-state index contributed by atoms with van der Waals surface area (Å²) >= 11 is 0. The van der Waals surface area contributed by atoms with E-state index in [1.54, 1.807) is 18.2 Å². The van der Waals surface area contributed by atoms with Gasteiger partial charge in [-0.1, -0.05) is 24.3 Å². The molecule has 172 valence electrons. The molecule has 0 atom stereocenters. The number of anilines is 3. The van der Waals surface area contributed by atoms with Gasteiger partial charge in [0, 0.05) is 16.9 Å². The molecular formula is C22H15F6N3O2. The Kier molecular flexibility index (Phi) is 6.61. The average molecular weight is 467 g/mol. The normalized spacial score (nSPS) is 11.6. The third kappa shape index (κ3) is 6.25. The van der Waals surface area contributed by atoms with Crippen LogP contribution in [0.15, 0.2) is 72.8 Å². The van der Waals surface area contributed by atoms with Gasteiger partial charge in [-0.05, 0) is 48.5 Å². The molecule has 0 heterocycles. The molecule has 3 aromatic carbocycles. The van der Waals surface area contributed by atoms with Crippen molar-refractivity contribution in [2.24, 2.45) is 0 Å². The second-order valence-electron chi connectivity index (χ2n) is 6.74. The predicted octanol–water partition coefficient (Wildman–Crippen LogP) is 6.62. The van der Waals surface area contributed by atoms with Crippen molar-refractivity contribution in [3.05, 3.63) is 89.5 Å². The van der Waals surface area contributed by atoms with E-state index >= 15 is 0 Å². The number of carbonyl (C=O) groups is 2. The smallest absolute Gasteiger partial charge is 0.321 e. The molecule has 11 heteroatoms. The quantitative estimate of drug-likeness (QED) is 0.378. The number of hydrogen-bond donors (Lipinski definition) is 3. The Morgan fingerprint density at radius 3 is 1.88 bits per heavy atom. The lowest BCUT2D eigenvalue weighted by Crippen LogP contribution is -2.21. The highest BCUT2D eigenvalue weighted by atomic mass is 19.4. The molecule has 0 aliphatic rings. The number of benzene rings is 3. The highest BCUT2D eigenvalue weighted by Crippen LogP contribution is 2.37. The van der Waals surface area contributed by atoms with Gasteiger partial charge in [0.1, 0.15) is 0 Å². The van der Waals surface area contributed by atoms with Crippen molar-refractivity contribution in [3.63, 3.8) is 0 Å². The van der Waals surface area contributed by atoms with Gasteiger partial charge in [-0.15, -0.1) is 0 Å². The summed E-state index contributed by atoms with van der Waals surface area (Å²) in [5.74, 6) is -0.760. The Morgan fingerprint density at radius 2 is 1.27 bits per heavy atom. The number of nitrogens with one attached hydrogen (secondary N) is 3. The molecular weight excluding hydrogens is 452 g/mol. The van der Waals surface area contributed by atoms with Crippen LogP contribution < -0.4 is 16.0 Å². The molecule has 0 aliphatic heterocycles. The molecule has 0 unspecified atom stereocenters. The SMILES string of the molecule is O=C(Nc1cccc(C(F)(F)F)c1)Nc1ccc(NC(=O)c2ccccc2)c(C(F)(F)F)c1. The van der Waals surface area contributed by atoms with E-state index < -0.39 is 41.1 Å². The fourth-order valence-corrected chi connectivity index (χ4v) is 2.82. The molecule has 0 bridgehead atoms. The van der Waals surface area contributed by atoms with Crippen molar-refractivity contribution >= 4 is 29.0 Å². The topological polar surface area (TPSA) is 70.2 Å². The number of urea groups is 1. The standard InChI is InChI=1S/C22H15F6N3O2/c23-21(24,25)14-7-4-8-15(11-14)29-20(33)30-16-9-10-18(17(12-16)22(26,27)28)31-19(32)13-5-2-1-3-6-13/h1-12H,(H,31,32)(H2,29,30,33). The molecule has 0 fully saturated rings. The van der Waals surface area contributed by atoms with Gasteiger partial charge >= 0.3 is 18.4 Å². The van der Waals surface area contributed by atoms with E-state index in [1.165, 1.54) is 18.2 Å². The number of halogens is 6. The summed E-state index contributed by atoms with van der Waals surface area (Å²) in [6, 6.07) is 13.0. The minimum Gasteiger partial charge on any atom is -0.321 e. The van der Waals surface area contributed by atoms with E-state index in [0.717, 1.165) is 24.3 Å². The lowest BCUT2D eigenvalue weighted by atomic mass is 10.1. The van der Waals surface area contributed by atoms with Crippen LogP contribution in [0, 0.1) is 0 Å². The first-order valence-electron chi connectivity index (χ1n) is 9.26. The van der Waals surface area contributed by atoms with E-state index in [1.807, 2.05) is 0 Å². The van der Waals surface area contributed by atoms with E-state index in [4.69, 9.17) is 0 Å². The molecule has 0 saturated carbocycles. The van der Waals surface area contributed by atoms with Crippen LogP contribution in [0.1, 0.15) is 21.5 Å². The Labute approximate surface area is 183 Å². The number of rotatable bonds is 4. The molecule has 0 spiro atoms. The number of amides is 3. The molecule has 33 heavy (non-hydrogen) atoms. The fourth-order valence-electron chi connectivity index (χ4n) is 2.82. The highest BCUT2D eigenvalue weighted by molar-refractivity contribution is 6.05. The molecule has 0 radical (unpaired) electrons. The van der Waals surface area contributed by atoms with E-state index in [-0.39, 0.29) is 16.9 Å². The van der Waals surface area contributed by atoms with Crippen LogP contribution in [0.5, 0.6) is 0 Å². The first kappa shape index (κ1) is 23.6. The maximum atomic E-state index is 13.5. The van der Waals surface area contributed by atoms with Gasteiger partial charge < -0.3 is 16.0 Å². The molecule has 5 nitrogen and oxygen atoms in total. The summed E-state index contributed by atoms with van der Waals surface area (Å²) in [5.41, 5.74) is -3.09. The van der Waals surface area contributed by atoms with Crippen LogP contribution in [-0.4, -0.2) is 11.9 Å². The average Bonchev–Trinajstić information content (AvgIpc) is 2.74. The van der Waals surface area contributed by atoms with Gasteiger partial charge in [-0.25, -0.2) is 4.79 Å². The summed E-state index contributed by atoms with van der Waals surface area (Å²) in [5, 5.41) is 6.44. The zero-order valence-electron chi connectivity index (χ0n) is 16.5. The summed E-state index contributed by atoms with van der Waals surface area (Å²) in [7, 11) is 0. The maximum absolute atomic E-state index is 13.5. The minimum atomic E-state index is -4.87. The molecule has 3 amide bonds. The highest BCUT2D eigenvalue weighted by Gasteiger charge is 2.34. The Balaban J connectivity index is 1.77. The van der Waals surface area contributed by atoms with Gasteiger partial charge in [0.25, 0.3) is 5.91 Å². The lowest BCUT2D eigenvalue weighted by Gasteiger charge is -2.16. The number of carbonyl (C=O) groups excluding carboxylic acids is 2. The summed E-state index contributed by atoms with van der Waals surface area (Å²) in [6.45, 7) is 0. The Bertz CT molecular complexity index is 1160. The second-order valence-corrected chi connectivity index (χ2v) is 6.74. The molecule has 0 saturated heterocycles. The zero-order chi connectivity index (χ0) is 24.2. The van der Waals surface area contributed by atoms with Crippen molar-refractivity contribution in [1.29, 1.82) is 0 Å². The number of hydrogen-bond acceptors (Lipinski definition) is 2. The van der Waals surface area contributed by atoms with Crippen molar-refractivity contribution in [2.75, 3.05) is 16.0 Å². The second kappa shape index (κ2) is 9.23. The molecule has 3 aromatic rings. The predicted molar refractivity (Wildman–Crippen MR) is 110 cm³/mol. The van der Waals surface area contributed by atoms with Gasteiger partial charge in [0.05, 0.1) is 16.8 Å². The van der Waals surface area contributed by atoms with Gasteiger partial charge in [-0.3, -0.25) is 4.79 Å². The fraction of sp³-hybridized carbons (Fsp3) is 0.0909. The Morgan fingerprint density at radius 1 is 0.636 bits per heavy atom. The van der Waals surface area contributed by atoms with Crippen LogP contribution in [0.3, 0.4) is 0 Å². The zero-order valence-corrected chi connectivity index (χ0v) is 16.5. The van der Waals surface area contributed by atoms with Crippen molar-refractivity contribution < 1.29 is 35.9 Å². The number of alkyl halides is 6. The maximum Gasteiger partial charge on any atom is 0.418 e. The first-order valence-corrected chi connectivity index (χ1v) is 9.26. The summed E-state index contributed by atoms with van der Waals surface area (Å²) < 4.78 is 78.9. The van der Waals surface area contributed by atoms with E-state index in [2.05, 4.69) is 16.0 Å². The largest absolute Gasteiger partial charge is 0.418 e. The van der Waals surface area contributed by atoms with Crippen LogP contribution >= 0.6 is 0 Å². The summed E-state index contributed by atoms with van der Waals surface area (Å²) in [6.07, 6.45) is -9.50. The summed E-state index contributed by atoms with van der Waals surface area (Å²) in [4.78, 5) is 24.3. The van der Waals surface area contributed by atoms with E-state index in [0.29, 0.717) is 12.1 Å². The van der Waals surface area contributed by atoms with Crippen LogP contribution in [-0.2, 0) is 12.4 Å². The first-order chi connectivity index (χ1) is 15.4. The molecule has 0 aromatic heterocycles. The Hall–Kier alpha value is -4.02. The lowest BCUT2D eigenvalue weighted by molar-refractivity contribution is -0.138. The molecule has 3 rings (SSSR count). The van der Waals surface area contributed by atoms with Crippen LogP contribution in [0.2, 0.25) is 0 Å². The monoisotopic (exact) mass is 467 g/mol. The van der Waals surface area contributed by atoms with Crippen LogP contribution in [0.25, 0.3) is 0 Å². The van der Waals surface area contributed by atoms with Gasteiger partial charge in [0.2, 0.25) is 0 Å². The third-order valence-corrected chi connectivity index (χ3v) is 4.31. The molecule has 0 aliphatic carbocycles. The van der Waals surface area contributed by atoms with E-state index in [9.17, 15) is 35.9 Å².